The molecule has 2 aromatic rings. The first-order valence-corrected chi connectivity index (χ1v) is 9.08. The summed E-state index contributed by atoms with van der Waals surface area (Å²) in [5, 5.41) is 3.57. The van der Waals surface area contributed by atoms with E-state index in [-0.39, 0.29) is 24.3 Å². The van der Waals surface area contributed by atoms with Gasteiger partial charge in [-0.05, 0) is 42.2 Å². The third-order valence-electron chi connectivity index (χ3n) is 4.05. The molecule has 0 aromatic heterocycles. The summed E-state index contributed by atoms with van der Waals surface area (Å²) < 4.78 is 0. The molecule has 0 aliphatic rings. The average molecular weight is 393 g/mol. The van der Waals surface area contributed by atoms with Crippen LogP contribution >= 0.6 is 23.2 Å². The third kappa shape index (κ3) is 4.77. The van der Waals surface area contributed by atoms with Crippen molar-refractivity contribution in [3.05, 3.63) is 57.6 Å². The van der Waals surface area contributed by atoms with Crippen LogP contribution in [0.5, 0.6) is 0 Å². The molecule has 138 valence electrons. The number of halogens is 2. The van der Waals surface area contributed by atoms with Gasteiger partial charge in [0.15, 0.2) is 0 Å². The Morgan fingerprint density at radius 2 is 1.85 bits per heavy atom. The van der Waals surface area contributed by atoms with Crippen LogP contribution in [-0.2, 0) is 9.59 Å². The van der Waals surface area contributed by atoms with Crippen molar-refractivity contribution >= 4 is 46.4 Å². The largest absolute Gasteiger partial charge is 0.323 e. The maximum Gasteiger partial charge on any atom is 0.244 e. The van der Waals surface area contributed by atoms with Gasteiger partial charge in [-0.15, -0.1) is 0 Å². The third-order valence-corrected chi connectivity index (χ3v) is 4.60. The number of hydrogen-bond donors (Lipinski definition) is 1. The molecule has 26 heavy (non-hydrogen) atoms. The number of benzene rings is 2. The van der Waals surface area contributed by atoms with Gasteiger partial charge in [0.2, 0.25) is 11.8 Å². The first kappa shape index (κ1) is 20.3. The molecule has 1 N–H and O–H groups in total. The Labute approximate surface area is 164 Å². The molecule has 4 nitrogen and oxygen atoms in total. The van der Waals surface area contributed by atoms with Crippen molar-refractivity contribution in [3.63, 3.8) is 0 Å². The first-order chi connectivity index (χ1) is 12.2. The van der Waals surface area contributed by atoms with Crippen molar-refractivity contribution < 1.29 is 9.59 Å². The molecule has 0 aliphatic heterocycles. The molecule has 0 saturated carbocycles. The van der Waals surface area contributed by atoms with Crippen LogP contribution in [0.25, 0.3) is 0 Å². The average Bonchev–Trinajstić information content (AvgIpc) is 2.55. The van der Waals surface area contributed by atoms with Gasteiger partial charge < -0.3 is 10.2 Å². The molecular weight excluding hydrogens is 371 g/mol. The molecule has 0 fully saturated rings. The van der Waals surface area contributed by atoms with E-state index in [1.54, 1.807) is 18.2 Å². The zero-order valence-electron chi connectivity index (χ0n) is 15.3. The number of anilines is 2. The summed E-state index contributed by atoms with van der Waals surface area (Å²) in [7, 11) is 0. The minimum absolute atomic E-state index is 0.0984. The number of aryl methyl sites for hydroxylation is 1. The Morgan fingerprint density at radius 1 is 1.15 bits per heavy atom. The number of hydrogen-bond acceptors (Lipinski definition) is 2. The highest BCUT2D eigenvalue weighted by Gasteiger charge is 2.22. The molecular formula is C20H22Cl2N2O2. The van der Waals surface area contributed by atoms with Crippen LogP contribution in [-0.4, -0.2) is 18.4 Å². The second-order valence-electron chi connectivity index (χ2n) is 6.44. The quantitative estimate of drug-likeness (QED) is 0.738. The second-order valence-corrected chi connectivity index (χ2v) is 7.29. The first-order valence-electron chi connectivity index (χ1n) is 8.33. The monoisotopic (exact) mass is 392 g/mol. The van der Waals surface area contributed by atoms with Crippen molar-refractivity contribution in [1.82, 2.24) is 0 Å². The lowest BCUT2D eigenvalue weighted by Crippen LogP contribution is -2.37. The number of para-hydroxylation sites is 1. The fourth-order valence-corrected chi connectivity index (χ4v) is 3.24. The predicted octanol–water partition coefficient (Wildman–Crippen LogP) is 5.42. The van der Waals surface area contributed by atoms with Crippen molar-refractivity contribution in [1.29, 1.82) is 0 Å². The Balaban J connectivity index is 2.29. The molecule has 0 saturated heterocycles. The lowest BCUT2D eigenvalue weighted by molar-refractivity contribution is -0.120. The Morgan fingerprint density at radius 3 is 2.42 bits per heavy atom. The zero-order chi connectivity index (χ0) is 19.4. The summed E-state index contributed by atoms with van der Waals surface area (Å²) in [4.78, 5) is 26.3. The minimum Gasteiger partial charge on any atom is -0.323 e. The number of nitrogens with one attached hydrogen (secondary N) is 1. The summed E-state index contributed by atoms with van der Waals surface area (Å²) in [6.45, 7) is 7.41. The molecule has 2 rings (SSSR count). The van der Waals surface area contributed by atoms with Crippen LogP contribution in [0.15, 0.2) is 36.4 Å². The standard InChI is InChI=1S/C20H22Cl2N2O2/c1-12(2)16-7-5-6-13(3)20(16)24(14(4)25)11-19(26)23-18-9-8-15(21)10-17(18)22/h5-10,12H,11H2,1-4H3,(H,23,26). The van der Waals surface area contributed by atoms with Gasteiger partial charge >= 0.3 is 0 Å². The summed E-state index contributed by atoms with van der Waals surface area (Å²) in [6.07, 6.45) is 0. The van der Waals surface area contributed by atoms with Gasteiger partial charge in [-0.2, -0.15) is 0 Å². The molecule has 0 atom stereocenters. The van der Waals surface area contributed by atoms with Crippen LogP contribution in [0, 0.1) is 6.92 Å². The Hall–Kier alpha value is -2.04. The fraction of sp³-hybridized carbons (Fsp3) is 0.300. The highest BCUT2D eigenvalue weighted by molar-refractivity contribution is 6.36. The lowest BCUT2D eigenvalue weighted by Gasteiger charge is -2.27. The van der Waals surface area contributed by atoms with Crippen LogP contribution in [0.2, 0.25) is 10.0 Å². The Kier molecular flexibility index (Phi) is 6.68. The molecule has 0 spiro atoms. The number of amides is 2. The molecule has 0 bridgehead atoms. The molecule has 0 aliphatic carbocycles. The molecule has 6 heteroatoms. The van der Waals surface area contributed by atoms with Gasteiger partial charge in [0.25, 0.3) is 0 Å². The number of nitrogens with zero attached hydrogens (tertiary/aromatic N) is 1. The number of carbonyl (C=O) groups excluding carboxylic acids is 2. The fourth-order valence-electron chi connectivity index (χ4n) is 2.79. The summed E-state index contributed by atoms with van der Waals surface area (Å²) in [5.41, 5.74) is 3.21. The normalized spacial score (nSPS) is 10.7. The van der Waals surface area contributed by atoms with E-state index in [2.05, 4.69) is 19.2 Å². The molecule has 0 unspecified atom stereocenters. The van der Waals surface area contributed by atoms with Gasteiger partial charge in [-0.25, -0.2) is 0 Å². The van der Waals surface area contributed by atoms with Gasteiger partial charge in [-0.1, -0.05) is 55.2 Å². The predicted molar refractivity (Wildman–Crippen MR) is 108 cm³/mol. The van der Waals surface area contributed by atoms with Crippen molar-refractivity contribution in [2.24, 2.45) is 0 Å². The van der Waals surface area contributed by atoms with Gasteiger partial charge in [0, 0.05) is 11.9 Å². The SMILES string of the molecule is CC(=O)N(CC(=O)Nc1ccc(Cl)cc1Cl)c1c(C)cccc1C(C)C. The zero-order valence-corrected chi connectivity index (χ0v) is 16.8. The van der Waals surface area contributed by atoms with Crippen LogP contribution in [0.1, 0.15) is 37.8 Å². The number of carbonyl (C=O) groups is 2. The Bertz CT molecular complexity index is 835. The second kappa shape index (κ2) is 8.56. The van der Waals surface area contributed by atoms with Crippen molar-refractivity contribution in [3.8, 4) is 0 Å². The van der Waals surface area contributed by atoms with E-state index in [9.17, 15) is 9.59 Å². The maximum atomic E-state index is 12.5. The van der Waals surface area contributed by atoms with Crippen LogP contribution < -0.4 is 10.2 Å². The highest BCUT2D eigenvalue weighted by atomic mass is 35.5. The molecule has 0 heterocycles. The maximum absolute atomic E-state index is 12.5. The van der Waals surface area contributed by atoms with Crippen molar-refractivity contribution in [2.75, 3.05) is 16.8 Å². The van der Waals surface area contributed by atoms with E-state index in [0.29, 0.717) is 15.7 Å². The van der Waals surface area contributed by atoms with E-state index in [4.69, 9.17) is 23.2 Å². The van der Waals surface area contributed by atoms with Crippen molar-refractivity contribution in [2.45, 2.75) is 33.6 Å². The van der Waals surface area contributed by atoms with E-state index in [0.717, 1.165) is 16.8 Å². The van der Waals surface area contributed by atoms with Gasteiger partial charge in [0.1, 0.15) is 6.54 Å². The summed E-state index contributed by atoms with van der Waals surface area (Å²) >= 11 is 12.0. The van der Waals surface area contributed by atoms with E-state index >= 15 is 0 Å². The number of rotatable bonds is 5. The van der Waals surface area contributed by atoms with Crippen LogP contribution in [0.4, 0.5) is 11.4 Å². The summed E-state index contributed by atoms with van der Waals surface area (Å²) in [6, 6.07) is 10.7. The molecule has 2 aromatic carbocycles. The lowest BCUT2D eigenvalue weighted by atomic mass is 9.97. The summed E-state index contributed by atoms with van der Waals surface area (Å²) in [5.74, 6) is -0.304. The van der Waals surface area contributed by atoms with Gasteiger partial charge in [-0.3, -0.25) is 9.59 Å². The van der Waals surface area contributed by atoms with E-state index in [1.807, 2.05) is 25.1 Å². The van der Waals surface area contributed by atoms with Gasteiger partial charge in [0.05, 0.1) is 16.4 Å². The smallest absolute Gasteiger partial charge is 0.244 e. The van der Waals surface area contributed by atoms with E-state index < -0.39 is 0 Å². The molecule has 2 amide bonds. The topological polar surface area (TPSA) is 49.4 Å². The molecule has 0 radical (unpaired) electrons. The minimum atomic E-state index is -0.331. The van der Waals surface area contributed by atoms with E-state index in [1.165, 1.54) is 11.8 Å². The van der Waals surface area contributed by atoms with Crippen LogP contribution in [0.3, 0.4) is 0 Å². The highest BCUT2D eigenvalue weighted by Crippen LogP contribution is 2.31.